The molecule has 1 aromatic carbocycles. The fourth-order valence-corrected chi connectivity index (χ4v) is 2.22. The van der Waals surface area contributed by atoms with Crippen molar-refractivity contribution in [2.24, 2.45) is 5.41 Å². The first-order chi connectivity index (χ1) is 8.66. The fraction of sp³-hybridized carbons (Fsp3) is 0.308. The van der Waals surface area contributed by atoms with Crippen LogP contribution in [0.15, 0.2) is 24.3 Å². The van der Waals surface area contributed by atoms with Crippen LogP contribution >= 0.6 is 0 Å². The molecule has 2 fully saturated rings. The Morgan fingerprint density at radius 2 is 2.11 bits per heavy atom. The summed E-state index contributed by atoms with van der Waals surface area (Å²) in [4.78, 5) is 25.3. The van der Waals surface area contributed by atoms with Gasteiger partial charge in [0, 0.05) is 6.54 Å². The molecule has 5 heteroatoms. The van der Waals surface area contributed by atoms with E-state index in [0.29, 0.717) is 17.8 Å². The molecule has 5 nitrogen and oxygen atoms in total. The standard InChI is InChI=1S/C13H11N3O2/c14-7-9-2-1-3-10(6-9)16-11(17)13(4-5-13)8-15-12(16)18/h1-3,6H,4-5,8H2,(H,15,18). The Kier molecular flexibility index (Phi) is 2.14. The lowest BCUT2D eigenvalue weighted by Crippen LogP contribution is -2.56. The highest BCUT2D eigenvalue weighted by Crippen LogP contribution is 2.48. The first kappa shape index (κ1) is 10.8. The number of carbonyl (C=O) groups is 2. The van der Waals surface area contributed by atoms with Crippen molar-refractivity contribution < 1.29 is 9.59 Å². The summed E-state index contributed by atoms with van der Waals surface area (Å²) in [6, 6.07) is 8.12. The predicted octanol–water partition coefficient (Wildman–Crippen LogP) is 1.39. The highest BCUT2D eigenvalue weighted by Gasteiger charge is 2.56. The summed E-state index contributed by atoms with van der Waals surface area (Å²) < 4.78 is 0. The third-order valence-corrected chi connectivity index (χ3v) is 3.52. The molecule has 3 rings (SSSR count). The van der Waals surface area contributed by atoms with Crippen LogP contribution in [0.25, 0.3) is 0 Å². The molecular weight excluding hydrogens is 230 g/mol. The molecule has 1 aliphatic carbocycles. The molecule has 0 radical (unpaired) electrons. The second-order valence-corrected chi connectivity index (χ2v) is 4.74. The minimum Gasteiger partial charge on any atom is -0.336 e. The summed E-state index contributed by atoms with van der Waals surface area (Å²) in [6.45, 7) is 0.430. The molecule has 0 bridgehead atoms. The van der Waals surface area contributed by atoms with Gasteiger partial charge in [0.25, 0.3) is 0 Å². The zero-order chi connectivity index (χ0) is 12.8. The van der Waals surface area contributed by atoms with Gasteiger partial charge in [-0.2, -0.15) is 5.26 Å². The fourth-order valence-electron chi connectivity index (χ4n) is 2.22. The van der Waals surface area contributed by atoms with Gasteiger partial charge in [0.15, 0.2) is 0 Å². The van der Waals surface area contributed by atoms with Crippen molar-refractivity contribution >= 4 is 17.6 Å². The average Bonchev–Trinajstić information content (AvgIpc) is 3.16. The summed E-state index contributed by atoms with van der Waals surface area (Å²) in [5.41, 5.74) is 0.502. The normalized spacial score (nSPS) is 20.5. The number of carbonyl (C=O) groups excluding carboxylic acids is 2. The van der Waals surface area contributed by atoms with Crippen LogP contribution in [0, 0.1) is 16.7 Å². The Labute approximate surface area is 104 Å². The van der Waals surface area contributed by atoms with Crippen molar-refractivity contribution in [1.82, 2.24) is 5.32 Å². The summed E-state index contributed by atoms with van der Waals surface area (Å²) in [7, 11) is 0. The van der Waals surface area contributed by atoms with Crippen LogP contribution in [0.1, 0.15) is 18.4 Å². The number of nitrogens with zero attached hydrogens (tertiary/aromatic N) is 2. The van der Waals surface area contributed by atoms with E-state index in [-0.39, 0.29) is 5.91 Å². The number of amides is 3. The number of rotatable bonds is 1. The Morgan fingerprint density at radius 3 is 2.78 bits per heavy atom. The summed E-state index contributed by atoms with van der Waals surface area (Å²) in [5.74, 6) is -0.152. The van der Waals surface area contributed by atoms with Gasteiger partial charge in [0.05, 0.1) is 22.7 Å². The summed E-state index contributed by atoms with van der Waals surface area (Å²) in [5, 5.41) is 11.6. The van der Waals surface area contributed by atoms with Crippen LogP contribution in [0.3, 0.4) is 0 Å². The minimum atomic E-state index is -0.410. The quantitative estimate of drug-likeness (QED) is 0.807. The van der Waals surface area contributed by atoms with Crippen molar-refractivity contribution in [3.05, 3.63) is 29.8 Å². The maximum atomic E-state index is 12.3. The van der Waals surface area contributed by atoms with Gasteiger partial charge < -0.3 is 5.32 Å². The van der Waals surface area contributed by atoms with Gasteiger partial charge in [-0.15, -0.1) is 0 Å². The molecular formula is C13H11N3O2. The van der Waals surface area contributed by atoms with Crippen LogP contribution in [-0.4, -0.2) is 18.5 Å². The van der Waals surface area contributed by atoms with Crippen LogP contribution in [-0.2, 0) is 4.79 Å². The molecule has 90 valence electrons. The Bertz CT molecular complexity index is 584. The number of imide groups is 1. The van der Waals surface area contributed by atoms with E-state index in [0.717, 1.165) is 17.7 Å². The molecule has 1 aliphatic heterocycles. The first-order valence-electron chi connectivity index (χ1n) is 5.79. The molecule has 1 aromatic rings. The van der Waals surface area contributed by atoms with Gasteiger partial charge in [-0.25, -0.2) is 9.69 Å². The van der Waals surface area contributed by atoms with Gasteiger partial charge in [-0.3, -0.25) is 4.79 Å². The number of anilines is 1. The first-order valence-corrected chi connectivity index (χ1v) is 5.79. The molecule has 0 aromatic heterocycles. The third-order valence-electron chi connectivity index (χ3n) is 3.52. The minimum absolute atomic E-state index is 0.152. The maximum Gasteiger partial charge on any atom is 0.328 e. The summed E-state index contributed by atoms with van der Waals surface area (Å²) in [6.07, 6.45) is 1.64. The number of hydrogen-bond acceptors (Lipinski definition) is 3. The van der Waals surface area contributed by atoms with Crippen molar-refractivity contribution in [2.75, 3.05) is 11.4 Å². The van der Waals surface area contributed by atoms with Gasteiger partial charge in [-0.1, -0.05) is 6.07 Å². The van der Waals surface area contributed by atoms with E-state index in [1.165, 1.54) is 0 Å². The monoisotopic (exact) mass is 241 g/mol. The molecule has 1 heterocycles. The van der Waals surface area contributed by atoms with Crippen LogP contribution in [0.5, 0.6) is 0 Å². The average molecular weight is 241 g/mol. The molecule has 3 amide bonds. The SMILES string of the molecule is N#Cc1cccc(N2C(=O)NCC3(CC3)C2=O)c1. The number of hydrogen-bond donors (Lipinski definition) is 1. The van der Waals surface area contributed by atoms with Crippen LogP contribution in [0.2, 0.25) is 0 Å². The lowest BCUT2D eigenvalue weighted by atomic mass is 10.0. The molecule has 1 saturated carbocycles. The van der Waals surface area contributed by atoms with E-state index in [4.69, 9.17) is 5.26 Å². The molecule has 2 aliphatic rings. The Morgan fingerprint density at radius 1 is 1.33 bits per heavy atom. The van der Waals surface area contributed by atoms with Gasteiger partial charge in [0.1, 0.15) is 0 Å². The van der Waals surface area contributed by atoms with Crippen LogP contribution in [0.4, 0.5) is 10.5 Å². The molecule has 0 unspecified atom stereocenters. The molecule has 1 N–H and O–H groups in total. The Hall–Kier alpha value is -2.35. The highest BCUT2D eigenvalue weighted by molar-refractivity contribution is 6.18. The second kappa shape index (κ2) is 3.57. The smallest absolute Gasteiger partial charge is 0.328 e. The number of benzene rings is 1. The van der Waals surface area contributed by atoms with E-state index in [1.54, 1.807) is 24.3 Å². The second-order valence-electron chi connectivity index (χ2n) is 4.74. The predicted molar refractivity (Wildman–Crippen MR) is 63.7 cm³/mol. The van der Waals surface area contributed by atoms with Gasteiger partial charge in [0.2, 0.25) is 5.91 Å². The van der Waals surface area contributed by atoms with Crippen molar-refractivity contribution in [2.45, 2.75) is 12.8 Å². The number of nitriles is 1. The largest absolute Gasteiger partial charge is 0.336 e. The zero-order valence-electron chi connectivity index (χ0n) is 9.64. The van der Waals surface area contributed by atoms with Gasteiger partial charge in [-0.05, 0) is 31.0 Å². The molecule has 1 saturated heterocycles. The van der Waals surface area contributed by atoms with E-state index in [1.807, 2.05) is 6.07 Å². The van der Waals surface area contributed by atoms with E-state index in [9.17, 15) is 9.59 Å². The lowest BCUT2D eigenvalue weighted by molar-refractivity contribution is -0.123. The van der Waals surface area contributed by atoms with Crippen molar-refractivity contribution in [3.8, 4) is 6.07 Å². The van der Waals surface area contributed by atoms with E-state index < -0.39 is 11.4 Å². The number of urea groups is 1. The Balaban J connectivity index is 2.00. The van der Waals surface area contributed by atoms with Crippen molar-refractivity contribution in [3.63, 3.8) is 0 Å². The van der Waals surface area contributed by atoms with Crippen molar-refractivity contribution in [1.29, 1.82) is 5.26 Å². The van der Waals surface area contributed by atoms with Crippen LogP contribution < -0.4 is 10.2 Å². The maximum absolute atomic E-state index is 12.3. The highest BCUT2D eigenvalue weighted by atomic mass is 16.2. The molecule has 1 spiro atoms. The topological polar surface area (TPSA) is 73.2 Å². The van der Waals surface area contributed by atoms with E-state index in [2.05, 4.69) is 5.32 Å². The molecule has 18 heavy (non-hydrogen) atoms. The van der Waals surface area contributed by atoms with Gasteiger partial charge >= 0.3 is 6.03 Å². The van der Waals surface area contributed by atoms with E-state index >= 15 is 0 Å². The lowest BCUT2D eigenvalue weighted by Gasteiger charge is -2.31. The summed E-state index contributed by atoms with van der Waals surface area (Å²) >= 11 is 0. The molecule has 0 atom stereocenters. The zero-order valence-corrected chi connectivity index (χ0v) is 9.64. The third kappa shape index (κ3) is 1.46. The number of nitrogens with one attached hydrogen (secondary N) is 1.